The van der Waals surface area contributed by atoms with Gasteiger partial charge in [-0.15, -0.1) is 0 Å². The summed E-state index contributed by atoms with van der Waals surface area (Å²) in [6.45, 7) is 5.71. The number of nitrogens with one attached hydrogen (secondary N) is 1. The number of para-hydroxylation sites is 2. The van der Waals surface area contributed by atoms with Gasteiger partial charge in [-0.25, -0.2) is 4.79 Å². The molecule has 0 aliphatic rings. The monoisotopic (exact) mass is 499 g/mol. The molecule has 5 aromatic rings. The summed E-state index contributed by atoms with van der Waals surface area (Å²) in [5.41, 5.74) is 8.29. The van der Waals surface area contributed by atoms with Gasteiger partial charge in [0.25, 0.3) is 0 Å². The van der Waals surface area contributed by atoms with Crippen LogP contribution in [0.4, 0.5) is 11.4 Å². The van der Waals surface area contributed by atoms with Crippen LogP contribution in [0.15, 0.2) is 116 Å². The summed E-state index contributed by atoms with van der Waals surface area (Å²) in [4.78, 5) is 14.4. The highest BCUT2D eigenvalue weighted by atomic mass is 16.5. The van der Waals surface area contributed by atoms with E-state index < -0.39 is 5.97 Å². The molecule has 38 heavy (non-hydrogen) atoms. The van der Waals surface area contributed by atoms with Gasteiger partial charge in [-0.3, -0.25) is 5.10 Å². The summed E-state index contributed by atoms with van der Waals surface area (Å²) >= 11 is 0. The van der Waals surface area contributed by atoms with Crippen LogP contribution in [0, 0.1) is 0 Å². The second-order valence-electron chi connectivity index (χ2n) is 8.94. The maximum absolute atomic E-state index is 12.2. The average Bonchev–Trinajstić information content (AvgIpc) is 3.44. The lowest BCUT2D eigenvalue weighted by molar-refractivity contribution is -0.128. The molecule has 0 fully saturated rings. The molecule has 1 heterocycles. The summed E-state index contributed by atoms with van der Waals surface area (Å²) in [6, 6.07) is 32.7. The van der Waals surface area contributed by atoms with Crippen LogP contribution in [0.3, 0.4) is 0 Å². The minimum atomic E-state index is -0.492. The van der Waals surface area contributed by atoms with Crippen LogP contribution in [-0.2, 0) is 4.79 Å². The zero-order valence-corrected chi connectivity index (χ0v) is 21.5. The van der Waals surface area contributed by atoms with Gasteiger partial charge in [0.05, 0.1) is 11.7 Å². The van der Waals surface area contributed by atoms with Crippen molar-refractivity contribution in [1.29, 1.82) is 0 Å². The fourth-order valence-electron chi connectivity index (χ4n) is 4.71. The van der Waals surface area contributed by atoms with Gasteiger partial charge >= 0.3 is 5.97 Å². The third-order valence-corrected chi connectivity index (χ3v) is 6.66. The van der Waals surface area contributed by atoms with Gasteiger partial charge in [0, 0.05) is 35.4 Å². The summed E-state index contributed by atoms with van der Waals surface area (Å²) in [6.07, 6.45) is 3.77. The van der Waals surface area contributed by atoms with E-state index in [0.717, 1.165) is 56.5 Å². The molecule has 0 aliphatic carbocycles. The third kappa shape index (κ3) is 5.00. The lowest BCUT2D eigenvalue weighted by Crippen LogP contribution is -2.09. The van der Waals surface area contributed by atoms with Crippen LogP contribution in [0.2, 0.25) is 0 Å². The Morgan fingerprint density at radius 2 is 1.61 bits per heavy atom. The molecule has 1 aromatic heterocycles. The average molecular weight is 500 g/mol. The van der Waals surface area contributed by atoms with Crippen LogP contribution in [-0.4, -0.2) is 23.2 Å². The van der Waals surface area contributed by atoms with Crippen molar-refractivity contribution in [3.8, 4) is 5.75 Å². The van der Waals surface area contributed by atoms with Gasteiger partial charge in [-0.2, -0.15) is 5.10 Å². The Hall–Kier alpha value is -4.90. The van der Waals surface area contributed by atoms with Crippen LogP contribution in [0.5, 0.6) is 5.75 Å². The molecule has 0 unspecified atom stereocenters. The van der Waals surface area contributed by atoms with E-state index in [1.54, 1.807) is 0 Å². The number of anilines is 2. The predicted octanol–water partition coefficient (Wildman–Crippen LogP) is 7.79. The number of rotatable bonds is 8. The second-order valence-corrected chi connectivity index (χ2v) is 8.94. The molecular formula is C33H29N3O2. The van der Waals surface area contributed by atoms with Crippen LogP contribution < -0.4 is 9.64 Å². The van der Waals surface area contributed by atoms with Crippen LogP contribution >= 0.6 is 0 Å². The lowest BCUT2D eigenvalue weighted by atomic mass is 9.87. The van der Waals surface area contributed by atoms with Gasteiger partial charge in [0.1, 0.15) is 5.75 Å². The molecule has 1 N–H and O–H groups in total. The van der Waals surface area contributed by atoms with Crippen LogP contribution in [0.1, 0.15) is 30.0 Å². The molecule has 0 atom stereocenters. The zero-order valence-electron chi connectivity index (χ0n) is 21.5. The van der Waals surface area contributed by atoms with Crippen molar-refractivity contribution >= 4 is 39.4 Å². The molecule has 0 radical (unpaired) electrons. The normalized spacial score (nSPS) is 11.6. The number of aromatic nitrogens is 2. The quantitative estimate of drug-likeness (QED) is 0.102. The van der Waals surface area contributed by atoms with Crippen molar-refractivity contribution in [2.75, 3.05) is 11.9 Å². The highest BCUT2D eigenvalue weighted by Crippen LogP contribution is 2.40. The predicted molar refractivity (Wildman–Crippen MR) is 156 cm³/mol. The van der Waals surface area contributed by atoms with E-state index in [2.05, 4.69) is 84.2 Å². The largest absolute Gasteiger partial charge is 0.423 e. The fourth-order valence-corrected chi connectivity index (χ4v) is 4.71. The van der Waals surface area contributed by atoms with E-state index in [0.29, 0.717) is 5.75 Å². The van der Waals surface area contributed by atoms with E-state index in [1.807, 2.05) is 54.7 Å². The van der Waals surface area contributed by atoms with E-state index in [1.165, 1.54) is 6.08 Å². The third-order valence-electron chi connectivity index (χ3n) is 6.66. The summed E-state index contributed by atoms with van der Waals surface area (Å²) < 4.78 is 5.68. The van der Waals surface area contributed by atoms with Gasteiger partial charge in [-0.1, -0.05) is 68.1 Å². The topological polar surface area (TPSA) is 58.2 Å². The van der Waals surface area contributed by atoms with Gasteiger partial charge in [0.2, 0.25) is 0 Å². The molecule has 0 saturated heterocycles. The highest BCUT2D eigenvalue weighted by Gasteiger charge is 2.19. The summed E-state index contributed by atoms with van der Waals surface area (Å²) in [7, 11) is 2.07. The Morgan fingerprint density at radius 3 is 2.34 bits per heavy atom. The molecule has 188 valence electrons. The lowest BCUT2D eigenvalue weighted by Gasteiger charge is -2.21. The van der Waals surface area contributed by atoms with Gasteiger partial charge in [-0.05, 0) is 71.2 Å². The molecule has 0 spiro atoms. The number of H-pyrrole nitrogens is 1. The van der Waals surface area contributed by atoms with Crippen molar-refractivity contribution in [3.63, 3.8) is 0 Å². The first-order valence-corrected chi connectivity index (χ1v) is 12.6. The number of esters is 1. The number of hydrogen-bond acceptors (Lipinski definition) is 4. The maximum Gasteiger partial charge on any atom is 0.335 e. The van der Waals surface area contributed by atoms with E-state index >= 15 is 0 Å². The molecule has 5 nitrogen and oxygen atoms in total. The SMILES string of the molecule is C=CC(=O)Oc1ccccc1/C(=C(\CC)c1ccc(N(C)c2ccccc2)cc1)c1ccc2[nH]ncc2c1. The molecule has 4 aromatic carbocycles. The standard InChI is InChI=1S/C33H29N3O2/c1-4-28(23-15-18-27(19-16-23)36(3)26-11-7-6-8-12-26)33(24-17-20-30-25(21-24)22-34-35-30)29-13-9-10-14-31(29)38-32(37)5-2/h5-22H,2,4H2,1,3H3,(H,34,35)/b33-28+. The second kappa shape index (κ2) is 11.0. The number of allylic oxidation sites excluding steroid dienone is 1. The number of carbonyl (C=O) groups is 1. The number of hydrogen-bond donors (Lipinski definition) is 1. The van der Waals surface area contributed by atoms with Crippen molar-refractivity contribution in [3.05, 3.63) is 133 Å². The van der Waals surface area contributed by atoms with E-state index in [-0.39, 0.29) is 0 Å². The Bertz CT molecular complexity index is 1620. The smallest absolute Gasteiger partial charge is 0.335 e. The minimum absolute atomic E-state index is 0.492. The van der Waals surface area contributed by atoms with Crippen molar-refractivity contribution in [1.82, 2.24) is 10.2 Å². The van der Waals surface area contributed by atoms with Crippen molar-refractivity contribution in [2.24, 2.45) is 0 Å². The molecule has 0 amide bonds. The Morgan fingerprint density at radius 1 is 0.921 bits per heavy atom. The molecule has 5 rings (SSSR count). The Balaban J connectivity index is 1.67. The highest BCUT2D eigenvalue weighted by molar-refractivity contribution is 6.02. The minimum Gasteiger partial charge on any atom is -0.423 e. The summed E-state index contributed by atoms with van der Waals surface area (Å²) in [5.74, 6) is -0.000455. The van der Waals surface area contributed by atoms with Crippen molar-refractivity contribution in [2.45, 2.75) is 13.3 Å². The number of nitrogens with zero attached hydrogens (tertiary/aromatic N) is 2. The van der Waals surface area contributed by atoms with Gasteiger partial charge < -0.3 is 9.64 Å². The van der Waals surface area contributed by atoms with Crippen LogP contribution in [0.25, 0.3) is 22.0 Å². The molecular weight excluding hydrogens is 470 g/mol. The molecule has 0 bridgehead atoms. The zero-order chi connectivity index (χ0) is 26.5. The number of aromatic amines is 1. The Labute approximate surface area is 222 Å². The van der Waals surface area contributed by atoms with E-state index in [4.69, 9.17) is 4.74 Å². The number of carbonyl (C=O) groups excluding carboxylic acids is 1. The van der Waals surface area contributed by atoms with Gasteiger partial charge in [0.15, 0.2) is 0 Å². The first kappa shape index (κ1) is 24.8. The van der Waals surface area contributed by atoms with E-state index in [9.17, 15) is 4.79 Å². The fraction of sp³-hybridized carbons (Fsp3) is 0.0909. The maximum atomic E-state index is 12.2. The first-order valence-electron chi connectivity index (χ1n) is 12.6. The summed E-state index contributed by atoms with van der Waals surface area (Å²) in [5, 5.41) is 8.23. The number of fused-ring (bicyclic) bond motifs is 1. The molecule has 5 heteroatoms. The Kier molecular flexibility index (Phi) is 7.18. The molecule has 0 saturated carbocycles. The first-order chi connectivity index (χ1) is 18.6. The molecule has 0 aliphatic heterocycles. The number of ether oxygens (including phenoxy) is 1. The van der Waals surface area contributed by atoms with Crippen molar-refractivity contribution < 1.29 is 9.53 Å². The number of benzene rings is 4.